The Kier molecular flexibility index (Phi) is 4.85. The highest BCUT2D eigenvalue weighted by Gasteiger charge is 2.16. The van der Waals surface area contributed by atoms with Crippen LogP contribution in [0.4, 0.5) is 0 Å². The lowest BCUT2D eigenvalue weighted by Gasteiger charge is -2.10. The molecule has 0 heterocycles. The topological polar surface area (TPSA) is 75.3 Å². The van der Waals surface area contributed by atoms with Crippen LogP contribution < -0.4 is 10.3 Å². The van der Waals surface area contributed by atoms with E-state index in [0.29, 0.717) is 10.6 Å². The van der Waals surface area contributed by atoms with Gasteiger partial charge in [-0.15, -0.1) is 4.83 Å². The molecule has 0 aromatic heterocycles. The third kappa shape index (κ3) is 3.85. The molecule has 0 unspecified atom stereocenters. The summed E-state index contributed by atoms with van der Waals surface area (Å²) in [5, 5.41) is 0.429. The number of hydrazine groups is 1. The third-order valence-corrected chi connectivity index (χ3v) is 4.56. The molecule has 22 heavy (non-hydrogen) atoms. The normalized spacial score (nSPS) is 11.2. The second kappa shape index (κ2) is 6.48. The first-order chi connectivity index (χ1) is 10.3. The minimum atomic E-state index is -3.84. The molecule has 2 aromatic rings. The summed E-state index contributed by atoms with van der Waals surface area (Å²) in [6.07, 6.45) is 0. The fraction of sp³-hybridized carbons (Fsp3) is 0.133. The van der Waals surface area contributed by atoms with Gasteiger partial charge in [-0.05, 0) is 49.7 Å². The lowest BCUT2D eigenvalue weighted by molar-refractivity contribution is 0.0944. The molecule has 0 radical (unpaired) electrons. The van der Waals surface area contributed by atoms with E-state index in [2.05, 4.69) is 10.3 Å². The number of carbonyl (C=O) groups is 1. The number of carbonyl (C=O) groups excluding carboxylic acids is 1. The van der Waals surface area contributed by atoms with E-state index < -0.39 is 15.9 Å². The second-order valence-electron chi connectivity index (χ2n) is 4.83. The number of nitrogens with one attached hydrogen (secondary N) is 2. The van der Waals surface area contributed by atoms with Crippen molar-refractivity contribution in [3.63, 3.8) is 0 Å². The van der Waals surface area contributed by atoms with E-state index >= 15 is 0 Å². The van der Waals surface area contributed by atoms with E-state index in [4.69, 9.17) is 11.6 Å². The van der Waals surface area contributed by atoms with Crippen LogP contribution in [0.5, 0.6) is 0 Å². The molecule has 0 spiro atoms. The number of amides is 1. The van der Waals surface area contributed by atoms with E-state index in [1.807, 2.05) is 13.0 Å². The highest BCUT2D eigenvalue weighted by molar-refractivity contribution is 7.89. The molecule has 0 bridgehead atoms. The number of halogens is 1. The van der Waals surface area contributed by atoms with Gasteiger partial charge in [0, 0.05) is 10.6 Å². The molecule has 116 valence electrons. The molecule has 7 heteroatoms. The molecule has 2 N–H and O–H groups in total. The lowest BCUT2D eigenvalue weighted by Crippen LogP contribution is -2.41. The summed E-state index contributed by atoms with van der Waals surface area (Å²) in [5.41, 5.74) is 4.40. The quantitative estimate of drug-likeness (QED) is 0.841. The van der Waals surface area contributed by atoms with E-state index in [0.717, 1.165) is 11.1 Å². The first-order valence-corrected chi connectivity index (χ1v) is 8.31. The summed E-state index contributed by atoms with van der Waals surface area (Å²) >= 11 is 5.71. The molecule has 0 aliphatic rings. The van der Waals surface area contributed by atoms with Gasteiger partial charge in [0.15, 0.2) is 0 Å². The molecular formula is C15H15ClN2O3S. The van der Waals surface area contributed by atoms with Gasteiger partial charge < -0.3 is 0 Å². The Bertz CT molecular complexity index is 802. The van der Waals surface area contributed by atoms with Crippen molar-refractivity contribution in [3.8, 4) is 0 Å². The Morgan fingerprint density at radius 2 is 1.68 bits per heavy atom. The van der Waals surface area contributed by atoms with Crippen LogP contribution in [-0.2, 0) is 10.0 Å². The Morgan fingerprint density at radius 1 is 1.05 bits per heavy atom. The van der Waals surface area contributed by atoms with E-state index in [9.17, 15) is 13.2 Å². The highest BCUT2D eigenvalue weighted by atomic mass is 35.5. The van der Waals surface area contributed by atoms with E-state index in [1.165, 1.54) is 24.3 Å². The summed E-state index contributed by atoms with van der Waals surface area (Å²) in [4.78, 5) is 14.1. The van der Waals surface area contributed by atoms with Crippen molar-refractivity contribution in [2.75, 3.05) is 0 Å². The average Bonchev–Trinajstić information content (AvgIpc) is 2.45. The number of sulfonamides is 1. The van der Waals surface area contributed by atoms with Crippen LogP contribution in [0.1, 0.15) is 21.5 Å². The largest absolute Gasteiger partial charge is 0.273 e. The Morgan fingerprint density at radius 3 is 2.27 bits per heavy atom. The van der Waals surface area contributed by atoms with Gasteiger partial charge in [-0.1, -0.05) is 29.3 Å². The first kappa shape index (κ1) is 16.5. The smallest absolute Gasteiger partial charge is 0.266 e. The molecule has 1 amide bonds. The minimum Gasteiger partial charge on any atom is -0.273 e. The zero-order valence-electron chi connectivity index (χ0n) is 12.1. The fourth-order valence-corrected chi connectivity index (χ4v) is 2.89. The predicted octanol–water partition coefficient (Wildman–Crippen LogP) is 2.58. The Labute approximate surface area is 134 Å². The van der Waals surface area contributed by atoms with Gasteiger partial charge >= 0.3 is 0 Å². The summed E-state index contributed by atoms with van der Waals surface area (Å²) in [6.45, 7) is 3.70. The molecule has 5 nitrogen and oxygen atoms in total. The van der Waals surface area contributed by atoms with Crippen LogP contribution in [0, 0.1) is 13.8 Å². The molecule has 0 aliphatic heterocycles. The van der Waals surface area contributed by atoms with Crippen molar-refractivity contribution in [1.29, 1.82) is 0 Å². The molecule has 0 aliphatic carbocycles. The van der Waals surface area contributed by atoms with Gasteiger partial charge in [-0.3, -0.25) is 10.2 Å². The lowest BCUT2D eigenvalue weighted by atomic mass is 10.1. The van der Waals surface area contributed by atoms with Gasteiger partial charge in [-0.2, -0.15) is 0 Å². The van der Waals surface area contributed by atoms with Crippen LogP contribution in [0.2, 0.25) is 5.02 Å². The maximum atomic E-state index is 12.0. The van der Waals surface area contributed by atoms with Gasteiger partial charge in [0.2, 0.25) is 0 Å². The average molecular weight is 339 g/mol. The summed E-state index contributed by atoms with van der Waals surface area (Å²) < 4.78 is 24.1. The van der Waals surface area contributed by atoms with Crippen molar-refractivity contribution in [1.82, 2.24) is 10.3 Å². The molecule has 0 fully saturated rings. The summed E-state index contributed by atoms with van der Waals surface area (Å²) in [7, 11) is -3.84. The molecule has 0 atom stereocenters. The molecule has 0 saturated carbocycles. The number of aryl methyl sites for hydroxylation is 2. The van der Waals surface area contributed by atoms with Crippen molar-refractivity contribution >= 4 is 27.5 Å². The van der Waals surface area contributed by atoms with Gasteiger partial charge in [0.25, 0.3) is 15.9 Å². The standard InChI is InChI=1S/C15H15ClN2O3S/c1-10-3-8-14(11(2)9-10)15(19)17-18-22(20,21)13-6-4-12(16)5-7-13/h3-9,18H,1-2H3,(H,17,19). The summed E-state index contributed by atoms with van der Waals surface area (Å²) in [5.74, 6) is -0.518. The number of hydrogen-bond acceptors (Lipinski definition) is 3. The minimum absolute atomic E-state index is 0.0119. The fourth-order valence-electron chi connectivity index (χ4n) is 1.92. The molecule has 2 aromatic carbocycles. The van der Waals surface area contributed by atoms with Crippen LogP contribution in [0.25, 0.3) is 0 Å². The van der Waals surface area contributed by atoms with Crippen LogP contribution in [0.3, 0.4) is 0 Å². The van der Waals surface area contributed by atoms with Crippen LogP contribution in [-0.4, -0.2) is 14.3 Å². The second-order valence-corrected chi connectivity index (χ2v) is 6.95. The zero-order chi connectivity index (χ0) is 16.3. The highest BCUT2D eigenvalue weighted by Crippen LogP contribution is 2.14. The maximum Gasteiger partial charge on any atom is 0.266 e. The third-order valence-electron chi connectivity index (χ3n) is 3.05. The van der Waals surface area contributed by atoms with Crippen molar-refractivity contribution in [2.45, 2.75) is 18.7 Å². The predicted molar refractivity (Wildman–Crippen MR) is 85.2 cm³/mol. The molecule has 2 rings (SSSR count). The van der Waals surface area contributed by atoms with Crippen molar-refractivity contribution in [2.24, 2.45) is 0 Å². The van der Waals surface area contributed by atoms with Crippen LogP contribution in [0.15, 0.2) is 47.4 Å². The van der Waals surface area contributed by atoms with E-state index in [-0.39, 0.29) is 4.90 Å². The molecular weight excluding hydrogens is 324 g/mol. The summed E-state index contributed by atoms with van der Waals surface area (Å²) in [6, 6.07) is 10.9. The Balaban J connectivity index is 2.11. The van der Waals surface area contributed by atoms with Gasteiger partial charge in [0.05, 0.1) is 4.90 Å². The zero-order valence-corrected chi connectivity index (χ0v) is 13.6. The number of benzene rings is 2. The monoisotopic (exact) mass is 338 g/mol. The van der Waals surface area contributed by atoms with Crippen LogP contribution >= 0.6 is 11.6 Å². The van der Waals surface area contributed by atoms with E-state index in [1.54, 1.807) is 19.1 Å². The van der Waals surface area contributed by atoms with Crippen molar-refractivity contribution < 1.29 is 13.2 Å². The molecule has 0 saturated heterocycles. The van der Waals surface area contributed by atoms with Gasteiger partial charge in [-0.25, -0.2) is 8.42 Å². The number of hydrogen-bond donors (Lipinski definition) is 2. The number of rotatable bonds is 4. The first-order valence-electron chi connectivity index (χ1n) is 6.44. The maximum absolute atomic E-state index is 12.0. The van der Waals surface area contributed by atoms with Gasteiger partial charge in [0.1, 0.15) is 0 Å². The van der Waals surface area contributed by atoms with Crippen molar-refractivity contribution in [3.05, 3.63) is 64.2 Å². The SMILES string of the molecule is Cc1ccc(C(=O)NNS(=O)(=O)c2ccc(Cl)cc2)c(C)c1. The Hall–Kier alpha value is -1.89.